The van der Waals surface area contributed by atoms with Gasteiger partial charge in [-0.2, -0.15) is 0 Å². The van der Waals surface area contributed by atoms with Crippen LogP contribution in [0.3, 0.4) is 0 Å². The number of fused-ring (bicyclic) bond motifs is 1. The molecule has 4 rings (SSSR count). The van der Waals surface area contributed by atoms with Gasteiger partial charge in [0.05, 0.1) is 0 Å². The highest BCUT2D eigenvalue weighted by Crippen LogP contribution is 2.34. The van der Waals surface area contributed by atoms with Crippen molar-refractivity contribution in [1.82, 2.24) is 10.2 Å². The van der Waals surface area contributed by atoms with Crippen LogP contribution in [0.4, 0.5) is 5.69 Å². The van der Waals surface area contributed by atoms with Crippen molar-refractivity contribution in [2.45, 2.75) is 52.0 Å². The second-order valence-corrected chi connectivity index (χ2v) is 10.2. The normalized spacial score (nSPS) is 16.5. The molecule has 2 N–H and O–H groups in total. The number of hydrogen-bond acceptors (Lipinski definition) is 5. The molecule has 1 saturated heterocycles. The van der Waals surface area contributed by atoms with Crippen LogP contribution >= 0.6 is 0 Å². The Kier molecular flexibility index (Phi) is 7.00. The number of benzene rings is 2. The quantitative estimate of drug-likeness (QED) is 0.682. The standard InChI is InChI=1S/C27H33N3O5/c1-17(28-24(31)18-5-7-20(8-6-18)27(2,3)4)26(33)30-13-11-19(12-14-30)25(32)29-21-9-10-22-23(15-21)35-16-34-22/h5-10,15,17,19H,11-14,16H2,1-4H3,(H,28,31)(H,29,32)/t17-/m0/s1. The highest BCUT2D eigenvalue weighted by Gasteiger charge is 2.30. The molecule has 2 aromatic carbocycles. The maximum atomic E-state index is 12.9. The molecule has 0 radical (unpaired) electrons. The Morgan fingerprint density at radius 2 is 1.63 bits per heavy atom. The van der Waals surface area contributed by atoms with Crippen molar-refractivity contribution in [1.29, 1.82) is 0 Å². The number of carbonyl (C=O) groups is 3. The van der Waals surface area contributed by atoms with E-state index in [0.717, 1.165) is 5.56 Å². The molecule has 8 heteroatoms. The summed E-state index contributed by atoms with van der Waals surface area (Å²) < 4.78 is 10.7. The maximum Gasteiger partial charge on any atom is 0.251 e. The van der Waals surface area contributed by atoms with E-state index in [9.17, 15) is 14.4 Å². The van der Waals surface area contributed by atoms with Crippen molar-refractivity contribution in [3.8, 4) is 11.5 Å². The van der Waals surface area contributed by atoms with Crippen molar-refractivity contribution in [2.75, 3.05) is 25.2 Å². The number of nitrogens with zero attached hydrogens (tertiary/aromatic N) is 1. The lowest BCUT2D eigenvalue weighted by atomic mass is 9.86. The van der Waals surface area contributed by atoms with Gasteiger partial charge in [-0.3, -0.25) is 14.4 Å². The van der Waals surface area contributed by atoms with Gasteiger partial charge in [-0.25, -0.2) is 0 Å². The zero-order chi connectivity index (χ0) is 25.2. The molecular formula is C27H33N3O5. The lowest BCUT2D eigenvalue weighted by Gasteiger charge is -2.33. The number of hydrogen-bond donors (Lipinski definition) is 2. The van der Waals surface area contributed by atoms with Gasteiger partial charge in [-0.1, -0.05) is 32.9 Å². The Morgan fingerprint density at radius 3 is 2.29 bits per heavy atom. The van der Waals surface area contributed by atoms with Crippen LogP contribution in [0.25, 0.3) is 0 Å². The largest absolute Gasteiger partial charge is 0.454 e. The number of ether oxygens (including phenoxy) is 2. The van der Waals surface area contributed by atoms with E-state index in [1.165, 1.54) is 0 Å². The average Bonchev–Trinajstić information content (AvgIpc) is 3.31. The lowest BCUT2D eigenvalue weighted by Crippen LogP contribution is -2.50. The van der Waals surface area contributed by atoms with Gasteiger partial charge in [-0.15, -0.1) is 0 Å². The highest BCUT2D eigenvalue weighted by molar-refractivity contribution is 5.97. The van der Waals surface area contributed by atoms with E-state index in [0.29, 0.717) is 48.7 Å². The first-order valence-electron chi connectivity index (χ1n) is 12.0. The van der Waals surface area contributed by atoms with Crippen molar-refractivity contribution in [3.63, 3.8) is 0 Å². The number of nitrogens with one attached hydrogen (secondary N) is 2. The van der Waals surface area contributed by atoms with Gasteiger partial charge in [0.2, 0.25) is 18.6 Å². The van der Waals surface area contributed by atoms with Gasteiger partial charge in [0, 0.05) is 36.3 Å². The number of carbonyl (C=O) groups excluding carboxylic acids is 3. The SMILES string of the molecule is C[C@H](NC(=O)c1ccc(C(C)(C)C)cc1)C(=O)N1CCC(C(=O)Nc2ccc3c(c2)OCO3)CC1. The van der Waals surface area contributed by atoms with Gasteiger partial charge in [0.25, 0.3) is 5.91 Å². The Hall–Kier alpha value is -3.55. The zero-order valence-corrected chi connectivity index (χ0v) is 20.7. The molecule has 0 saturated carbocycles. The number of amides is 3. The predicted octanol–water partition coefficient (Wildman–Crippen LogP) is 3.71. The van der Waals surface area contributed by atoms with Crippen LogP contribution in [-0.2, 0) is 15.0 Å². The minimum Gasteiger partial charge on any atom is -0.454 e. The number of anilines is 1. The van der Waals surface area contributed by atoms with Crippen molar-refractivity contribution in [3.05, 3.63) is 53.6 Å². The minimum absolute atomic E-state index is 0.00572. The van der Waals surface area contributed by atoms with Gasteiger partial charge < -0.3 is 25.0 Å². The van der Waals surface area contributed by atoms with E-state index in [2.05, 4.69) is 31.4 Å². The van der Waals surface area contributed by atoms with Crippen LogP contribution in [0, 0.1) is 5.92 Å². The zero-order valence-electron chi connectivity index (χ0n) is 20.7. The van der Waals surface area contributed by atoms with Crippen LogP contribution in [0.2, 0.25) is 0 Å². The molecule has 35 heavy (non-hydrogen) atoms. The third-order valence-corrected chi connectivity index (χ3v) is 6.55. The fourth-order valence-electron chi connectivity index (χ4n) is 4.32. The van der Waals surface area contributed by atoms with E-state index in [1.54, 1.807) is 42.2 Å². The summed E-state index contributed by atoms with van der Waals surface area (Å²) >= 11 is 0. The Bertz CT molecular complexity index is 1100. The summed E-state index contributed by atoms with van der Waals surface area (Å²) in [5.74, 6) is 0.609. The molecule has 2 aliphatic heterocycles. The van der Waals surface area contributed by atoms with Gasteiger partial charge in [0.1, 0.15) is 6.04 Å². The maximum absolute atomic E-state index is 12.9. The molecule has 0 unspecified atom stereocenters. The molecular weight excluding hydrogens is 446 g/mol. The summed E-state index contributed by atoms with van der Waals surface area (Å²) in [6.45, 7) is 9.17. The molecule has 2 aliphatic rings. The number of piperidine rings is 1. The lowest BCUT2D eigenvalue weighted by molar-refractivity contribution is -0.135. The molecule has 0 spiro atoms. The molecule has 0 bridgehead atoms. The molecule has 2 heterocycles. The first-order valence-corrected chi connectivity index (χ1v) is 12.0. The van der Waals surface area contributed by atoms with Crippen molar-refractivity contribution >= 4 is 23.4 Å². The van der Waals surface area contributed by atoms with E-state index in [-0.39, 0.29) is 35.8 Å². The average molecular weight is 480 g/mol. The molecule has 1 fully saturated rings. The summed E-state index contributed by atoms with van der Waals surface area (Å²) in [6, 6.07) is 12.1. The number of rotatable bonds is 5. The molecule has 0 aromatic heterocycles. The van der Waals surface area contributed by atoms with E-state index in [4.69, 9.17) is 9.47 Å². The fraction of sp³-hybridized carbons (Fsp3) is 0.444. The molecule has 2 aromatic rings. The van der Waals surface area contributed by atoms with Crippen LogP contribution in [-0.4, -0.2) is 48.5 Å². The van der Waals surface area contributed by atoms with Crippen LogP contribution in [0.15, 0.2) is 42.5 Å². The first-order chi connectivity index (χ1) is 16.6. The molecule has 0 aliphatic carbocycles. The minimum atomic E-state index is -0.649. The first kappa shape index (κ1) is 24.6. The molecule has 3 amide bonds. The fourth-order valence-corrected chi connectivity index (χ4v) is 4.32. The highest BCUT2D eigenvalue weighted by atomic mass is 16.7. The monoisotopic (exact) mass is 479 g/mol. The Labute approximate surface area is 206 Å². The number of likely N-dealkylation sites (tertiary alicyclic amines) is 1. The van der Waals surface area contributed by atoms with Crippen molar-refractivity contribution in [2.24, 2.45) is 5.92 Å². The predicted molar refractivity (Wildman–Crippen MR) is 133 cm³/mol. The van der Waals surface area contributed by atoms with Gasteiger partial charge in [0.15, 0.2) is 11.5 Å². The molecule has 186 valence electrons. The van der Waals surface area contributed by atoms with Crippen LogP contribution in [0.5, 0.6) is 11.5 Å². The Balaban J connectivity index is 1.25. The second-order valence-electron chi connectivity index (χ2n) is 10.2. The van der Waals surface area contributed by atoms with Gasteiger partial charge >= 0.3 is 0 Å². The summed E-state index contributed by atoms with van der Waals surface area (Å²) in [5, 5.41) is 5.74. The van der Waals surface area contributed by atoms with E-state index < -0.39 is 6.04 Å². The van der Waals surface area contributed by atoms with E-state index >= 15 is 0 Å². The molecule has 1 atom stereocenters. The second kappa shape index (κ2) is 9.98. The smallest absolute Gasteiger partial charge is 0.251 e. The topological polar surface area (TPSA) is 97.0 Å². The summed E-state index contributed by atoms with van der Waals surface area (Å²) in [7, 11) is 0. The third-order valence-electron chi connectivity index (χ3n) is 6.55. The van der Waals surface area contributed by atoms with E-state index in [1.807, 2.05) is 12.1 Å². The van der Waals surface area contributed by atoms with Crippen LogP contribution < -0.4 is 20.1 Å². The summed E-state index contributed by atoms with van der Waals surface area (Å²) in [6.07, 6.45) is 1.13. The summed E-state index contributed by atoms with van der Waals surface area (Å²) in [4.78, 5) is 40.0. The molecule has 8 nitrogen and oxygen atoms in total. The van der Waals surface area contributed by atoms with Crippen molar-refractivity contribution < 1.29 is 23.9 Å². The Morgan fingerprint density at radius 1 is 0.971 bits per heavy atom. The van der Waals surface area contributed by atoms with Gasteiger partial charge in [-0.05, 0) is 55.0 Å². The summed E-state index contributed by atoms with van der Waals surface area (Å²) in [5.41, 5.74) is 2.33. The third kappa shape index (κ3) is 5.75. The van der Waals surface area contributed by atoms with Crippen LogP contribution in [0.1, 0.15) is 56.5 Å².